The van der Waals surface area contributed by atoms with Gasteiger partial charge in [-0.15, -0.1) is 0 Å². The van der Waals surface area contributed by atoms with E-state index in [1.54, 1.807) is 7.11 Å². The molecule has 0 aliphatic heterocycles. The van der Waals surface area contributed by atoms with Crippen LogP contribution in [0.15, 0.2) is 24.3 Å². The van der Waals surface area contributed by atoms with Crippen molar-refractivity contribution in [3.05, 3.63) is 24.3 Å². The summed E-state index contributed by atoms with van der Waals surface area (Å²) in [5, 5.41) is 13.3. The number of hydrogen-bond donors (Lipinski definition) is 2. The van der Waals surface area contributed by atoms with Crippen LogP contribution < -0.4 is 10.1 Å². The van der Waals surface area contributed by atoms with Crippen LogP contribution in [-0.4, -0.2) is 24.9 Å². The second-order valence-electron chi connectivity index (χ2n) is 5.12. The minimum Gasteiger partial charge on any atom is -0.495 e. The number of hydrogen-bond acceptors (Lipinski definition) is 3. The number of aliphatic hydroxyl groups is 1. The molecule has 1 saturated carbocycles. The first-order valence-corrected chi connectivity index (χ1v) is 6.84. The highest BCUT2D eigenvalue weighted by Gasteiger charge is 2.18. The summed E-state index contributed by atoms with van der Waals surface area (Å²) in [5.74, 6) is 1.55. The molecule has 1 atom stereocenters. The fraction of sp³-hybridized carbons (Fsp3) is 0.600. The third kappa shape index (κ3) is 3.64. The minimum atomic E-state index is -0.266. The summed E-state index contributed by atoms with van der Waals surface area (Å²) >= 11 is 0. The van der Waals surface area contributed by atoms with Crippen molar-refractivity contribution >= 4 is 5.69 Å². The molecule has 1 unspecified atom stereocenters. The molecule has 0 radical (unpaired) electrons. The maximum Gasteiger partial charge on any atom is 0.141 e. The van der Waals surface area contributed by atoms with Gasteiger partial charge in [-0.1, -0.05) is 37.8 Å². The van der Waals surface area contributed by atoms with Crippen LogP contribution in [0, 0.1) is 5.92 Å². The molecule has 0 aromatic heterocycles. The topological polar surface area (TPSA) is 41.5 Å². The molecule has 1 aliphatic carbocycles. The predicted molar refractivity (Wildman–Crippen MR) is 74.1 cm³/mol. The molecule has 1 fully saturated rings. The summed E-state index contributed by atoms with van der Waals surface area (Å²) in [4.78, 5) is 0. The quantitative estimate of drug-likeness (QED) is 0.814. The zero-order valence-electron chi connectivity index (χ0n) is 11.1. The Morgan fingerprint density at radius 1 is 1.33 bits per heavy atom. The molecule has 2 N–H and O–H groups in total. The largest absolute Gasteiger partial charge is 0.495 e. The van der Waals surface area contributed by atoms with Gasteiger partial charge in [0.15, 0.2) is 0 Å². The lowest BCUT2D eigenvalue weighted by Gasteiger charge is -2.17. The Bertz CT molecular complexity index is 361. The molecule has 1 aromatic rings. The average Bonchev–Trinajstić information content (AvgIpc) is 2.89. The maximum absolute atomic E-state index is 10.0. The highest BCUT2D eigenvalue weighted by molar-refractivity contribution is 5.56. The summed E-state index contributed by atoms with van der Waals surface area (Å²) in [5.41, 5.74) is 0.950. The van der Waals surface area contributed by atoms with Crippen LogP contribution in [0.3, 0.4) is 0 Å². The van der Waals surface area contributed by atoms with E-state index in [0.717, 1.165) is 23.8 Å². The van der Waals surface area contributed by atoms with Gasteiger partial charge in [-0.2, -0.15) is 0 Å². The van der Waals surface area contributed by atoms with Crippen molar-refractivity contribution in [1.82, 2.24) is 0 Å². The standard InChI is InChI=1S/C15H23NO2/c1-18-15-9-5-4-8-14(15)16-11-13(17)10-12-6-2-3-7-12/h4-5,8-9,12-13,16-17H,2-3,6-7,10-11H2,1H3. The highest BCUT2D eigenvalue weighted by Crippen LogP contribution is 2.29. The maximum atomic E-state index is 10.0. The van der Waals surface area contributed by atoms with E-state index in [-0.39, 0.29) is 6.10 Å². The third-order valence-corrected chi connectivity index (χ3v) is 3.72. The van der Waals surface area contributed by atoms with E-state index in [1.807, 2.05) is 24.3 Å². The van der Waals surface area contributed by atoms with E-state index in [1.165, 1.54) is 25.7 Å². The number of anilines is 1. The van der Waals surface area contributed by atoms with Crippen LogP contribution in [0.1, 0.15) is 32.1 Å². The number of ether oxygens (including phenoxy) is 1. The first kappa shape index (κ1) is 13.2. The van der Waals surface area contributed by atoms with Crippen molar-refractivity contribution < 1.29 is 9.84 Å². The summed E-state index contributed by atoms with van der Waals surface area (Å²) in [6, 6.07) is 7.81. The first-order valence-electron chi connectivity index (χ1n) is 6.84. The van der Waals surface area contributed by atoms with E-state index in [2.05, 4.69) is 5.32 Å². The zero-order chi connectivity index (χ0) is 12.8. The Balaban J connectivity index is 1.79. The van der Waals surface area contributed by atoms with Crippen molar-refractivity contribution in [3.8, 4) is 5.75 Å². The lowest BCUT2D eigenvalue weighted by atomic mass is 10.00. The smallest absolute Gasteiger partial charge is 0.141 e. The molecule has 1 aliphatic rings. The molecule has 0 spiro atoms. The van der Waals surface area contributed by atoms with Gasteiger partial charge >= 0.3 is 0 Å². The van der Waals surface area contributed by atoms with Gasteiger partial charge in [0.25, 0.3) is 0 Å². The van der Waals surface area contributed by atoms with Crippen molar-refractivity contribution in [3.63, 3.8) is 0 Å². The third-order valence-electron chi connectivity index (χ3n) is 3.72. The SMILES string of the molecule is COc1ccccc1NCC(O)CC1CCCC1. The second kappa shape index (κ2) is 6.64. The van der Waals surface area contributed by atoms with Crippen molar-refractivity contribution in [2.45, 2.75) is 38.2 Å². The minimum absolute atomic E-state index is 0.266. The van der Waals surface area contributed by atoms with Gasteiger partial charge < -0.3 is 15.2 Å². The van der Waals surface area contributed by atoms with Gasteiger partial charge in [0.05, 0.1) is 18.9 Å². The van der Waals surface area contributed by atoms with Crippen LogP contribution >= 0.6 is 0 Å². The number of rotatable bonds is 6. The fourth-order valence-electron chi connectivity index (χ4n) is 2.73. The number of nitrogens with one attached hydrogen (secondary N) is 1. The Morgan fingerprint density at radius 3 is 2.78 bits per heavy atom. The molecule has 0 saturated heterocycles. The Kier molecular flexibility index (Phi) is 4.88. The molecule has 100 valence electrons. The first-order chi connectivity index (χ1) is 8.79. The van der Waals surface area contributed by atoms with Crippen LogP contribution in [-0.2, 0) is 0 Å². The summed E-state index contributed by atoms with van der Waals surface area (Å²) in [7, 11) is 1.66. The van der Waals surface area contributed by atoms with Gasteiger partial charge in [0.2, 0.25) is 0 Å². The molecule has 3 nitrogen and oxygen atoms in total. The second-order valence-corrected chi connectivity index (χ2v) is 5.12. The van der Waals surface area contributed by atoms with E-state index < -0.39 is 0 Å². The number of benzene rings is 1. The average molecular weight is 249 g/mol. The van der Waals surface area contributed by atoms with Gasteiger partial charge in [0.1, 0.15) is 5.75 Å². The number of methoxy groups -OCH3 is 1. The van der Waals surface area contributed by atoms with E-state index in [9.17, 15) is 5.11 Å². The molecular formula is C15H23NO2. The Morgan fingerprint density at radius 2 is 2.06 bits per heavy atom. The molecule has 0 bridgehead atoms. The molecular weight excluding hydrogens is 226 g/mol. The number of aliphatic hydroxyl groups excluding tert-OH is 1. The van der Waals surface area contributed by atoms with Crippen LogP contribution in [0.5, 0.6) is 5.75 Å². The summed E-state index contributed by atoms with van der Waals surface area (Å²) in [6.07, 6.45) is 5.88. The van der Waals surface area contributed by atoms with E-state index in [4.69, 9.17) is 4.74 Å². The summed E-state index contributed by atoms with van der Waals surface area (Å²) < 4.78 is 5.27. The molecule has 18 heavy (non-hydrogen) atoms. The Hall–Kier alpha value is -1.22. The van der Waals surface area contributed by atoms with Crippen molar-refractivity contribution in [2.75, 3.05) is 19.0 Å². The Labute approximate surface area is 109 Å². The predicted octanol–water partition coefficient (Wildman–Crippen LogP) is 3.05. The van der Waals surface area contributed by atoms with E-state index >= 15 is 0 Å². The zero-order valence-corrected chi connectivity index (χ0v) is 11.1. The summed E-state index contributed by atoms with van der Waals surface area (Å²) in [6.45, 7) is 0.594. The van der Waals surface area contributed by atoms with Gasteiger partial charge in [-0.05, 0) is 24.5 Å². The van der Waals surface area contributed by atoms with Gasteiger partial charge in [-0.3, -0.25) is 0 Å². The van der Waals surface area contributed by atoms with Gasteiger partial charge in [-0.25, -0.2) is 0 Å². The molecule has 3 heteroatoms. The van der Waals surface area contributed by atoms with E-state index in [0.29, 0.717) is 6.54 Å². The molecule has 0 amide bonds. The highest BCUT2D eigenvalue weighted by atomic mass is 16.5. The van der Waals surface area contributed by atoms with Crippen LogP contribution in [0.4, 0.5) is 5.69 Å². The lowest BCUT2D eigenvalue weighted by Crippen LogP contribution is -2.22. The molecule has 1 aromatic carbocycles. The monoisotopic (exact) mass is 249 g/mol. The molecule has 0 heterocycles. The van der Waals surface area contributed by atoms with Crippen LogP contribution in [0.2, 0.25) is 0 Å². The number of para-hydroxylation sites is 2. The lowest BCUT2D eigenvalue weighted by molar-refractivity contribution is 0.155. The van der Waals surface area contributed by atoms with Crippen LogP contribution in [0.25, 0.3) is 0 Å². The van der Waals surface area contributed by atoms with Gasteiger partial charge in [0, 0.05) is 6.54 Å². The van der Waals surface area contributed by atoms with Crippen molar-refractivity contribution in [2.24, 2.45) is 5.92 Å². The normalized spacial score (nSPS) is 17.7. The fourth-order valence-corrected chi connectivity index (χ4v) is 2.73. The van der Waals surface area contributed by atoms with Crippen molar-refractivity contribution in [1.29, 1.82) is 0 Å². The molecule has 2 rings (SSSR count).